The average Bonchev–Trinajstić information content (AvgIpc) is 2.79. The van der Waals surface area contributed by atoms with E-state index in [0.717, 1.165) is 0 Å². The number of hydrogen-bond acceptors (Lipinski definition) is 5. The van der Waals surface area contributed by atoms with Gasteiger partial charge in [0.15, 0.2) is 0 Å². The Kier molecular flexibility index (Phi) is 5.47. The first kappa shape index (κ1) is 18.9. The highest BCUT2D eigenvalue weighted by Gasteiger charge is 2.23. The number of benzene rings is 1. The Morgan fingerprint density at radius 2 is 1.88 bits per heavy atom. The molecule has 0 aliphatic carbocycles. The number of aliphatic hydroxyl groups excluding tert-OH is 1. The normalized spacial score (nSPS) is 12.9. The monoisotopic (exact) mass is 347 g/mol. The first-order valence-corrected chi connectivity index (χ1v) is 8.19. The van der Waals surface area contributed by atoms with E-state index in [2.05, 4.69) is 25.9 Å². The zero-order chi connectivity index (χ0) is 18.8. The molecule has 1 atom stereocenters. The maximum absolute atomic E-state index is 11.0. The lowest BCUT2D eigenvalue weighted by atomic mass is 9.87. The van der Waals surface area contributed by atoms with Crippen molar-refractivity contribution in [3.8, 4) is 5.75 Å². The van der Waals surface area contributed by atoms with Crippen LogP contribution in [0.1, 0.15) is 37.7 Å². The minimum atomic E-state index is -0.820. The number of aromatic nitrogens is 2. The van der Waals surface area contributed by atoms with Crippen LogP contribution in [-0.4, -0.2) is 32.5 Å². The van der Waals surface area contributed by atoms with E-state index in [4.69, 9.17) is 4.74 Å². The Balaban J connectivity index is 1.96. The summed E-state index contributed by atoms with van der Waals surface area (Å²) in [7, 11) is 0. The predicted molar refractivity (Wildman–Crippen MR) is 95.0 cm³/mol. The first-order chi connectivity index (χ1) is 11.6. The molecule has 2 aromatic rings. The highest BCUT2D eigenvalue weighted by Crippen LogP contribution is 2.25. The van der Waals surface area contributed by atoms with E-state index in [9.17, 15) is 15.2 Å². The molecule has 136 valence electrons. The smallest absolute Gasteiger partial charge is 0.312 e. The van der Waals surface area contributed by atoms with Crippen molar-refractivity contribution >= 4 is 5.69 Å². The second-order valence-electron chi connectivity index (χ2n) is 7.20. The Hall–Kier alpha value is -2.41. The minimum absolute atomic E-state index is 0.00844. The lowest BCUT2D eigenvalue weighted by Crippen LogP contribution is -2.24. The number of hydrogen-bond donors (Lipinski definition) is 1. The molecule has 0 spiro atoms. The third kappa shape index (κ3) is 4.57. The molecule has 25 heavy (non-hydrogen) atoms. The average molecular weight is 347 g/mol. The molecule has 0 bridgehead atoms. The maximum atomic E-state index is 11.0. The van der Waals surface area contributed by atoms with Crippen molar-refractivity contribution in [1.82, 2.24) is 9.78 Å². The van der Waals surface area contributed by atoms with Gasteiger partial charge in [0, 0.05) is 0 Å². The Labute approximate surface area is 147 Å². The maximum Gasteiger partial charge on any atom is 0.312 e. The Morgan fingerprint density at radius 3 is 2.36 bits per heavy atom. The van der Waals surface area contributed by atoms with Gasteiger partial charge >= 0.3 is 5.69 Å². The van der Waals surface area contributed by atoms with Crippen LogP contribution in [0.15, 0.2) is 24.3 Å². The summed E-state index contributed by atoms with van der Waals surface area (Å²) in [5, 5.41) is 25.3. The fraction of sp³-hybridized carbons (Fsp3) is 0.500. The van der Waals surface area contributed by atoms with Gasteiger partial charge in [-0.3, -0.25) is 14.8 Å². The Bertz CT molecular complexity index is 745. The van der Waals surface area contributed by atoms with Crippen molar-refractivity contribution in [1.29, 1.82) is 0 Å². The topological polar surface area (TPSA) is 90.4 Å². The van der Waals surface area contributed by atoms with E-state index in [1.165, 1.54) is 10.2 Å². The van der Waals surface area contributed by atoms with Gasteiger partial charge < -0.3 is 9.84 Å². The van der Waals surface area contributed by atoms with Crippen molar-refractivity contribution in [3.05, 3.63) is 51.3 Å². The summed E-state index contributed by atoms with van der Waals surface area (Å²) in [5.41, 5.74) is 2.04. The zero-order valence-electron chi connectivity index (χ0n) is 15.3. The van der Waals surface area contributed by atoms with Crippen LogP contribution < -0.4 is 4.74 Å². The van der Waals surface area contributed by atoms with Gasteiger partial charge in [0.05, 0.1) is 11.5 Å². The molecule has 0 aliphatic heterocycles. The van der Waals surface area contributed by atoms with E-state index < -0.39 is 11.0 Å². The first-order valence-electron chi connectivity index (χ1n) is 8.19. The molecule has 7 nitrogen and oxygen atoms in total. The van der Waals surface area contributed by atoms with Crippen LogP contribution >= 0.6 is 0 Å². The Morgan fingerprint density at radius 1 is 1.28 bits per heavy atom. The molecule has 1 aromatic carbocycles. The summed E-state index contributed by atoms with van der Waals surface area (Å²) in [6.07, 6.45) is -0.820. The second kappa shape index (κ2) is 7.23. The summed E-state index contributed by atoms with van der Waals surface area (Å²) >= 11 is 0. The van der Waals surface area contributed by atoms with Crippen LogP contribution in [0.3, 0.4) is 0 Å². The summed E-state index contributed by atoms with van der Waals surface area (Å²) < 4.78 is 7.06. The molecule has 0 radical (unpaired) electrons. The quantitative estimate of drug-likeness (QED) is 0.640. The summed E-state index contributed by atoms with van der Waals surface area (Å²) in [4.78, 5) is 10.6. The third-order valence-electron chi connectivity index (χ3n) is 4.07. The molecule has 0 saturated carbocycles. The van der Waals surface area contributed by atoms with Crippen LogP contribution in [0.5, 0.6) is 5.75 Å². The van der Waals surface area contributed by atoms with Crippen molar-refractivity contribution in [2.45, 2.75) is 52.7 Å². The van der Waals surface area contributed by atoms with E-state index in [1.807, 2.05) is 24.3 Å². The van der Waals surface area contributed by atoms with Gasteiger partial charge in [-0.1, -0.05) is 32.9 Å². The molecule has 0 saturated heterocycles. The lowest BCUT2D eigenvalue weighted by Gasteiger charge is -2.19. The zero-order valence-corrected chi connectivity index (χ0v) is 15.3. The number of ether oxygens (including phenoxy) is 1. The van der Waals surface area contributed by atoms with Crippen molar-refractivity contribution < 1.29 is 14.8 Å². The molecular formula is C18H25N3O4. The molecule has 1 aromatic heterocycles. The highest BCUT2D eigenvalue weighted by molar-refractivity contribution is 5.39. The fourth-order valence-electron chi connectivity index (χ4n) is 2.63. The van der Waals surface area contributed by atoms with E-state index >= 15 is 0 Å². The van der Waals surface area contributed by atoms with E-state index in [-0.39, 0.29) is 24.3 Å². The van der Waals surface area contributed by atoms with Gasteiger partial charge in [0.25, 0.3) is 0 Å². The third-order valence-corrected chi connectivity index (χ3v) is 4.07. The lowest BCUT2D eigenvalue weighted by molar-refractivity contribution is -0.386. The summed E-state index contributed by atoms with van der Waals surface area (Å²) in [6, 6.07) is 7.76. The molecule has 2 rings (SSSR count). The SMILES string of the molecule is Cc1nn(CC(O)COc2ccc(C(C)(C)C)cc2)c(C)c1[N+](=O)[O-]. The van der Waals surface area contributed by atoms with Crippen LogP contribution in [0, 0.1) is 24.0 Å². The second-order valence-corrected chi connectivity index (χ2v) is 7.20. The fourth-order valence-corrected chi connectivity index (χ4v) is 2.63. The van der Waals surface area contributed by atoms with Crippen LogP contribution in [0.4, 0.5) is 5.69 Å². The van der Waals surface area contributed by atoms with Crippen LogP contribution in [-0.2, 0) is 12.0 Å². The molecule has 0 aliphatic rings. The number of aryl methyl sites for hydroxylation is 1. The van der Waals surface area contributed by atoms with Crippen molar-refractivity contribution in [2.75, 3.05) is 6.61 Å². The molecule has 1 unspecified atom stereocenters. The van der Waals surface area contributed by atoms with Gasteiger partial charge in [-0.05, 0) is 37.0 Å². The van der Waals surface area contributed by atoms with Gasteiger partial charge in [0.1, 0.15) is 29.8 Å². The molecule has 1 heterocycles. The predicted octanol–water partition coefficient (Wildman–Crippen LogP) is 3.15. The molecule has 1 N–H and O–H groups in total. The van der Waals surface area contributed by atoms with Crippen molar-refractivity contribution in [2.24, 2.45) is 0 Å². The molecule has 0 fully saturated rings. The van der Waals surface area contributed by atoms with Gasteiger partial charge in [-0.25, -0.2) is 0 Å². The molecule has 0 amide bonds. The van der Waals surface area contributed by atoms with Crippen LogP contribution in [0.25, 0.3) is 0 Å². The number of nitro groups is 1. The summed E-state index contributed by atoms with van der Waals surface area (Å²) in [5.74, 6) is 0.673. The molecule has 7 heteroatoms. The number of rotatable bonds is 6. The standard InChI is InChI=1S/C18H25N3O4/c1-12-17(21(23)24)13(2)20(19-12)10-15(22)11-25-16-8-6-14(7-9-16)18(3,4)5/h6-9,15,22H,10-11H2,1-5H3. The van der Waals surface area contributed by atoms with Gasteiger partial charge in [-0.2, -0.15) is 5.10 Å². The molecular weight excluding hydrogens is 322 g/mol. The van der Waals surface area contributed by atoms with Gasteiger partial charge in [0.2, 0.25) is 0 Å². The van der Waals surface area contributed by atoms with E-state index in [0.29, 0.717) is 17.1 Å². The van der Waals surface area contributed by atoms with Crippen molar-refractivity contribution in [3.63, 3.8) is 0 Å². The van der Waals surface area contributed by atoms with Gasteiger partial charge in [-0.15, -0.1) is 0 Å². The number of aliphatic hydroxyl groups is 1. The van der Waals surface area contributed by atoms with E-state index in [1.54, 1.807) is 13.8 Å². The largest absolute Gasteiger partial charge is 0.491 e. The minimum Gasteiger partial charge on any atom is -0.491 e. The summed E-state index contributed by atoms with van der Waals surface area (Å²) in [6.45, 7) is 9.85. The number of nitrogens with zero attached hydrogens (tertiary/aromatic N) is 3. The van der Waals surface area contributed by atoms with Crippen LogP contribution in [0.2, 0.25) is 0 Å². The highest BCUT2D eigenvalue weighted by atomic mass is 16.6.